The monoisotopic (exact) mass is 391 g/mol. The molecule has 5 nitrogen and oxygen atoms in total. The molecule has 1 aliphatic rings. The summed E-state index contributed by atoms with van der Waals surface area (Å²) in [6.07, 6.45) is 0. The zero-order valence-corrected chi connectivity index (χ0v) is 15.8. The highest BCUT2D eigenvalue weighted by Gasteiger charge is 2.23. The van der Waals surface area contributed by atoms with Crippen LogP contribution in [0.1, 0.15) is 20.7 Å². The van der Waals surface area contributed by atoms with Crippen LogP contribution in [0.4, 0.5) is 5.69 Å². The van der Waals surface area contributed by atoms with Crippen LogP contribution in [0.2, 0.25) is 10.0 Å². The van der Waals surface area contributed by atoms with Gasteiger partial charge in [0.1, 0.15) is 0 Å². The van der Waals surface area contributed by atoms with E-state index in [1.807, 2.05) is 7.05 Å². The first-order chi connectivity index (χ1) is 12.5. The van der Waals surface area contributed by atoms with Crippen LogP contribution < -0.4 is 5.32 Å². The van der Waals surface area contributed by atoms with Gasteiger partial charge >= 0.3 is 0 Å². The predicted molar refractivity (Wildman–Crippen MR) is 104 cm³/mol. The van der Waals surface area contributed by atoms with Gasteiger partial charge in [-0.3, -0.25) is 9.59 Å². The Morgan fingerprint density at radius 2 is 1.65 bits per heavy atom. The van der Waals surface area contributed by atoms with Crippen molar-refractivity contribution in [3.63, 3.8) is 0 Å². The van der Waals surface area contributed by atoms with Crippen LogP contribution in [-0.4, -0.2) is 54.8 Å². The van der Waals surface area contributed by atoms with Gasteiger partial charge in [-0.2, -0.15) is 0 Å². The molecule has 0 atom stereocenters. The number of piperazine rings is 1. The van der Waals surface area contributed by atoms with Crippen LogP contribution in [0.3, 0.4) is 0 Å². The maximum absolute atomic E-state index is 12.9. The number of amides is 2. The first-order valence-electron chi connectivity index (χ1n) is 8.29. The number of carbonyl (C=O) groups excluding carboxylic acids is 2. The summed E-state index contributed by atoms with van der Waals surface area (Å²) in [5, 5.41) is 3.50. The van der Waals surface area contributed by atoms with Crippen molar-refractivity contribution in [2.75, 3.05) is 38.5 Å². The Labute approximate surface area is 162 Å². The molecule has 0 aromatic heterocycles. The molecule has 1 heterocycles. The average Bonchev–Trinajstić information content (AvgIpc) is 2.64. The lowest BCUT2D eigenvalue weighted by Gasteiger charge is -2.32. The van der Waals surface area contributed by atoms with Crippen LogP contribution in [-0.2, 0) is 0 Å². The van der Waals surface area contributed by atoms with Crippen molar-refractivity contribution >= 4 is 40.7 Å². The molecule has 1 aliphatic heterocycles. The highest BCUT2D eigenvalue weighted by molar-refractivity contribution is 6.36. The van der Waals surface area contributed by atoms with E-state index in [1.54, 1.807) is 41.3 Å². The standard InChI is InChI=1S/C19H19Cl2N3O2/c1-23-8-10-24(11-9-23)19(26)14-4-2-3-5-17(14)22-18(25)15-12-13(20)6-7-16(15)21/h2-7,12H,8-11H2,1H3,(H,22,25). The Balaban J connectivity index is 1.82. The highest BCUT2D eigenvalue weighted by Crippen LogP contribution is 2.24. The second-order valence-corrected chi connectivity index (χ2v) is 7.06. The van der Waals surface area contributed by atoms with E-state index in [0.717, 1.165) is 13.1 Å². The van der Waals surface area contributed by atoms with Gasteiger partial charge in [-0.1, -0.05) is 35.3 Å². The molecule has 1 N–H and O–H groups in total. The summed E-state index contributed by atoms with van der Waals surface area (Å²) in [6, 6.07) is 11.7. The molecular weight excluding hydrogens is 373 g/mol. The largest absolute Gasteiger partial charge is 0.336 e. The Hall–Kier alpha value is -2.08. The fourth-order valence-corrected chi connectivity index (χ4v) is 3.20. The molecule has 0 aliphatic carbocycles. The van der Waals surface area contributed by atoms with Gasteiger partial charge in [-0.05, 0) is 37.4 Å². The Kier molecular flexibility index (Phi) is 5.81. The Morgan fingerprint density at radius 3 is 2.38 bits per heavy atom. The smallest absolute Gasteiger partial charge is 0.257 e. The van der Waals surface area contributed by atoms with Gasteiger partial charge in [-0.25, -0.2) is 0 Å². The third kappa shape index (κ3) is 4.18. The minimum absolute atomic E-state index is 0.0915. The summed E-state index contributed by atoms with van der Waals surface area (Å²) >= 11 is 12.1. The summed E-state index contributed by atoms with van der Waals surface area (Å²) in [5.74, 6) is -0.498. The predicted octanol–water partition coefficient (Wildman–Crippen LogP) is 3.63. The van der Waals surface area contributed by atoms with Crippen LogP contribution >= 0.6 is 23.2 Å². The van der Waals surface area contributed by atoms with E-state index in [2.05, 4.69) is 10.2 Å². The number of para-hydroxylation sites is 1. The number of likely N-dealkylation sites (N-methyl/N-ethyl adjacent to an activating group) is 1. The van der Waals surface area contributed by atoms with E-state index in [9.17, 15) is 9.59 Å². The van der Waals surface area contributed by atoms with Gasteiger partial charge in [0.2, 0.25) is 0 Å². The Bertz CT molecular complexity index is 833. The molecule has 2 aromatic carbocycles. The number of nitrogens with one attached hydrogen (secondary N) is 1. The van der Waals surface area contributed by atoms with Gasteiger partial charge in [0.05, 0.1) is 21.8 Å². The lowest BCUT2D eigenvalue weighted by molar-refractivity contribution is 0.0665. The molecule has 0 unspecified atom stereocenters. The number of anilines is 1. The number of carbonyl (C=O) groups is 2. The second-order valence-electron chi connectivity index (χ2n) is 6.22. The van der Waals surface area contributed by atoms with Crippen LogP contribution in [0.25, 0.3) is 0 Å². The van der Waals surface area contributed by atoms with Crippen molar-refractivity contribution in [1.82, 2.24) is 9.80 Å². The molecule has 0 radical (unpaired) electrons. The number of hydrogen-bond donors (Lipinski definition) is 1. The normalized spacial score (nSPS) is 15.0. The van der Waals surface area contributed by atoms with Crippen LogP contribution in [0.5, 0.6) is 0 Å². The molecule has 0 saturated carbocycles. The topological polar surface area (TPSA) is 52.6 Å². The SMILES string of the molecule is CN1CCN(C(=O)c2ccccc2NC(=O)c2cc(Cl)ccc2Cl)CC1. The van der Waals surface area contributed by atoms with Gasteiger partial charge < -0.3 is 15.1 Å². The number of halogens is 2. The Morgan fingerprint density at radius 1 is 0.962 bits per heavy atom. The summed E-state index contributed by atoms with van der Waals surface area (Å²) in [6.45, 7) is 2.99. The minimum atomic E-state index is -0.406. The molecule has 136 valence electrons. The highest BCUT2D eigenvalue weighted by atomic mass is 35.5. The van der Waals surface area contributed by atoms with Crippen molar-refractivity contribution in [1.29, 1.82) is 0 Å². The fraction of sp³-hybridized carbons (Fsp3) is 0.263. The minimum Gasteiger partial charge on any atom is -0.336 e. The molecule has 2 aromatic rings. The van der Waals surface area contributed by atoms with E-state index >= 15 is 0 Å². The molecule has 1 saturated heterocycles. The number of nitrogens with zero attached hydrogens (tertiary/aromatic N) is 2. The van der Waals surface area contributed by atoms with E-state index in [4.69, 9.17) is 23.2 Å². The van der Waals surface area contributed by atoms with Gasteiger partial charge in [-0.15, -0.1) is 0 Å². The maximum Gasteiger partial charge on any atom is 0.257 e. The summed E-state index contributed by atoms with van der Waals surface area (Å²) in [4.78, 5) is 29.5. The van der Waals surface area contributed by atoms with E-state index in [1.165, 1.54) is 6.07 Å². The third-order valence-corrected chi connectivity index (χ3v) is 4.93. The van der Waals surface area contributed by atoms with E-state index in [0.29, 0.717) is 34.4 Å². The lowest BCUT2D eigenvalue weighted by Crippen LogP contribution is -2.47. The van der Waals surface area contributed by atoms with Gasteiger partial charge in [0.15, 0.2) is 0 Å². The fourth-order valence-electron chi connectivity index (χ4n) is 2.82. The van der Waals surface area contributed by atoms with Gasteiger partial charge in [0.25, 0.3) is 11.8 Å². The van der Waals surface area contributed by atoms with E-state index < -0.39 is 5.91 Å². The van der Waals surface area contributed by atoms with Crippen molar-refractivity contribution < 1.29 is 9.59 Å². The summed E-state index contributed by atoms with van der Waals surface area (Å²) in [5.41, 5.74) is 1.18. The molecule has 0 bridgehead atoms. The molecule has 1 fully saturated rings. The molecule has 2 amide bonds. The zero-order chi connectivity index (χ0) is 18.7. The van der Waals surface area contributed by atoms with E-state index in [-0.39, 0.29) is 11.5 Å². The number of hydrogen-bond acceptors (Lipinski definition) is 3. The molecule has 0 spiro atoms. The van der Waals surface area contributed by atoms with Crippen LogP contribution in [0.15, 0.2) is 42.5 Å². The molecule has 7 heteroatoms. The second kappa shape index (κ2) is 8.08. The van der Waals surface area contributed by atoms with Crippen LogP contribution in [0, 0.1) is 0 Å². The first-order valence-corrected chi connectivity index (χ1v) is 9.04. The quantitative estimate of drug-likeness (QED) is 0.868. The number of rotatable bonds is 3. The van der Waals surface area contributed by atoms with Crippen molar-refractivity contribution in [2.24, 2.45) is 0 Å². The molecular formula is C19H19Cl2N3O2. The third-order valence-electron chi connectivity index (χ3n) is 4.37. The van der Waals surface area contributed by atoms with Crippen molar-refractivity contribution in [3.05, 3.63) is 63.6 Å². The zero-order valence-electron chi connectivity index (χ0n) is 14.3. The van der Waals surface area contributed by atoms with Crippen molar-refractivity contribution in [3.8, 4) is 0 Å². The summed E-state index contributed by atoms with van der Waals surface area (Å²) < 4.78 is 0. The average molecular weight is 392 g/mol. The van der Waals surface area contributed by atoms with Crippen molar-refractivity contribution in [2.45, 2.75) is 0 Å². The molecule has 3 rings (SSSR count). The first kappa shape index (κ1) is 18.7. The number of benzene rings is 2. The summed E-state index contributed by atoms with van der Waals surface area (Å²) in [7, 11) is 2.03. The lowest BCUT2D eigenvalue weighted by atomic mass is 10.1. The maximum atomic E-state index is 12.9. The molecule has 26 heavy (non-hydrogen) atoms. The van der Waals surface area contributed by atoms with Gasteiger partial charge in [0, 0.05) is 31.2 Å².